The Kier molecular flexibility index (Phi) is 9.65. The van der Waals surface area contributed by atoms with Crippen molar-refractivity contribution in [1.82, 2.24) is 19.1 Å². The average molecular weight is 935 g/mol. The van der Waals surface area contributed by atoms with Gasteiger partial charge >= 0.3 is 0 Å². The molecule has 0 amide bonds. The maximum Gasteiger partial charge on any atom is 0.140 e. The first-order valence-electron chi connectivity index (χ1n) is 25.3. The Hall–Kier alpha value is -9.12. The van der Waals surface area contributed by atoms with Crippen molar-refractivity contribution in [3.63, 3.8) is 0 Å². The summed E-state index contributed by atoms with van der Waals surface area (Å²) in [6, 6.07) is 85.5. The zero-order chi connectivity index (χ0) is 49.0. The number of benzene rings is 11. The molecule has 4 heteroatoms. The Morgan fingerprint density at radius 1 is 0.342 bits per heavy atom. The second-order valence-corrected chi connectivity index (χ2v) is 19.9. The molecule has 0 unspecified atom stereocenters. The number of rotatable bonds is 7. The van der Waals surface area contributed by atoms with Crippen LogP contribution in [0.4, 0.5) is 0 Å². The van der Waals surface area contributed by atoms with Gasteiger partial charge in [-0.05, 0) is 132 Å². The first kappa shape index (κ1) is 42.7. The molecule has 73 heavy (non-hydrogen) atoms. The van der Waals surface area contributed by atoms with Crippen molar-refractivity contribution < 1.29 is 0 Å². The van der Waals surface area contributed by atoms with Gasteiger partial charge in [-0.3, -0.25) is 0 Å². The van der Waals surface area contributed by atoms with Gasteiger partial charge in [0.2, 0.25) is 0 Å². The largest absolute Gasteiger partial charge is 0.327 e. The summed E-state index contributed by atoms with van der Waals surface area (Å²) in [4.78, 5) is 10.3. The average Bonchev–Trinajstić information content (AvgIpc) is 4.07. The molecule has 14 rings (SSSR count). The molecule has 0 spiro atoms. The molecule has 0 N–H and O–H groups in total. The van der Waals surface area contributed by atoms with Crippen molar-refractivity contribution in [2.45, 2.75) is 19.3 Å². The van der Waals surface area contributed by atoms with E-state index in [2.05, 4.69) is 268 Å². The van der Waals surface area contributed by atoms with Crippen LogP contribution in [0.5, 0.6) is 0 Å². The van der Waals surface area contributed by atoms with E-state index in [1.165, 1.54) is 88.3 Å². The van der Waals surface area contributed by atoms with E-state index in [-0.39, 0.29) is 0 Å². The van der Waals surface area contributed by atoms with Crippen LogP contribution in [0.15, 0.2) is 231 Å². The van der Waals surface area contributed by atoms with Crippen LogP contribution in [0.25, 0.3) is 111 Å². The monoisotopic (exact) mass is 934 g/mol. The number of aryl methyl sites for hydroxylation is 4. The lowest BCUT2D eigenvalue weighted by Gasteiger charge is -2.36. The topological polar surface area (TPSA) is 35.6 Å². The minimum absolute atomic E-state index is 0.615. The highest BCUT2D eigenvalue weighted by atomic mass is 15.1. The zero-order valence-electron chi connectivity index (χ0n) is 41.2. The third-order valence-corrected chi connectivity index (χ3v) is 15.8. The van der Waals surface area contributed by atoms with Gasteiger partial charge in [0.05, 0.1) is 27.5 Å². The smallest absolute Gasteiger partial charge is 0.140 e. The lowest BCUT2D eigenvalue weighted by molar-refractivity contribution is 0.769. The van der Waals surface area contributed by atoms with Gasteiger partial charge in [0.25, 0.3) is 0 Å². The van der Waals surface area contributed by atoms with Gasteiger partial charge in [0.1, 0.15) is 11.6 Å². The molecule has 1 aliphatic carbocycles. The Morgan fingerprint density at radius 2 is 0.781 bits per heavy atom. The van der Waals surface area contributed by atoms with E-state index in [9.17, 15) is 0 Å². The van der Waals surface area contributed by atoms with Crippen LogP contribution in [0, 0.1) is 13.8 Å². The minimum atomic E-state index is -0.615. The van der Waals surface area contributed by atoms with Gasteiger partial charge in [-0.2, -0.15) is 0 Å². The number of aromatic nitrogens is 4. The summed E-state index contributed by atoms with van der Waals surface area (Å²) in [6.45, 7) is 4.37. The maximum atomic E-state index is 5.15. The van der Waals surface area contributed by atoms with Crippen molar-refractivity contribution >= 4 is 43.6 Å². The second kappa shape index (κ2) is 16.5. The molecule has 0 bridgehead atoms. The predicted octanol–water partition coefficient (Wildman–Crippen LogP) is 17.1. The van der Waals surface area contributed by atoms with E-state index in [1.54, 1.807) is 0 Å². The third-order valence-electron chi connectivity index (χ3n) is 15.8. The van der Waals surface area contributed by atoms with Crippen LogP contribution < -0.4 is 0 Å². The Bertz CT molecular complexity index is 4100. The van der Waals surface area contributed by atoms with Crippen LogP contribution in [0.1, 0.15) is 33.4 Å². The maximum absolute atomic E-state index is 5.15. The molecule has 346 valence electrons. The van der Waals surface area contributed by atoms with Crippen LogP contribution in [-0.4, -0.2) is 19.1 Å². The lowest BCUT2D eigenvalue weighted by Crippen LogP contribution is -2.29. The van der Waals surface area contributed by atoms with Crippen LogP contribution >= 0.6 is 0 Å². The first-order chi connectivity index (χ1) is 35.8. The summed E-state index contributed by atoms with van der Waals surface area (Å²) < 4.78 is 4.47. The van der Waals surface area contributed by atoms with Crippen molar-refractivity contribution in [1.29, 1.82) is 0 Å². The van der Waals surface area contributed by atoms with Crippen molar-refractivity contribution in [3.05, 3.63) is 264 Å². The molecule has 0 fully saturated rings. The number of hydrogen-bond donors (Lipinski definition) is 0. The fourth-order valence-electron chi connectivity index (χ4n) is 12.3. The molecule has 1 aliphatic rings. The van der Waals surface area contributed by atoms with E-state index < -0.39 is 5.41 Å². The number of nitrogens with zero attached hydrogens (tertiary/aromatic N) is 4. The van der Waals surface area contributed by atoms with Crippen LogP contribution in [0.3, 0.4) is 0 Å². The summed E-state index contributed by atoms with van der Waals surface area (Å²) in [5.41, 5.74) is 22.9. The number of hydrogen-bond acceptors (Lipinski definition) is 2. The first-order valence-corrected chi connectivity index (χ1v) is 25.3. The molecule has 0 saturated heterocycles. The highest BCUT2D eigenvalue weighted by Crippen LogP contribution is 2.60. The van der Waals surface area contributed by atoms with E-state index in [4.69, 9.17) is 9.97 Å². The minimum Gasteiger partial charge on any atom is -0.327 e. The summed E-state index contributed by atoms with van der Waals surface area (Å²) in [6.07, 6.45) is 0. The van der Waals surface area contributed by atoms with E-state index in [1.807, 2.05) is 0 Å². The quantitative estimate of drug-likeness (QED) is 0.149. The summed E-state index contributed by atoms with van der Waals surface area (Å²) in [5, 5.41) is 4.80. The Balaban J connectivity index is 1.09. The molecule has 11 aromatic carbocycles. The van der Waals surface area contributed by atoms with Crippen molar-refractivity contribution in [2.24, 2.45) is 14.1 Å². The van der Waals surface area contributed by atoms with Crippen LogP contribution in [0.2, 0.25) is 0 Å². The molecule has 2 aromatic heterocycles. The predicted molar refractivity (Wildman–Crippen MR) is 304 cm³/mol. The summed E-state index contributed by atoms with van der Waals surface area (Å²) >= 11 is 0. The standard InChI is InChI=1S/C69H50N4/c1-43-28-34-49(35-29-43)69(50-36-30-44(2)31-37-50)60-27-12-11-20-53(60)56-25-15-26-57(66(56)69)65-54-23-13-21-51(47-32-38-61-63(40-47)72(3)67(70-61)45-16-7-5-8-17-45)58(54)42-59-52(22-14-24-55(59)65)48-33-39-62-64(41-48)73(4)68(71-62)46-18-9-6-10-19-46/h5-42H,1-4H3. The number of imidazole rings is 2. The van der Waals surface area contributed by atoms with Crippen LogP contribution in [-0.2, 0) is 19.5 Å². The van der Waals surface area contributed by atoms with E-state index in [0.717, 1.165) is 56.0 Å². The molecule has 0 radical (unpaired) electrons. The van der Waals surface area contributed by atoms with Gasteiger partial charge in [-0.25, -0.2) is 9.97 Å². The molecule has 0 aliphatic heterocycles. The third kappa shape index (κ3) is 6.46. The fourth-order valence-corrected chi connectivity index (χ4v) is 12.3. The summed E-state index contributed by atoms with van der Waals surface area (Å²) in [7, 11) is 4.26. The Labute approximate surface area is 425 Å². The van der Waals surface area contributed by atoms with E-state index >= 15 is 0 Å². The highest BCUT2D eigenvalue weighted by Gasteiger charge is 2.48. The molecular formula is C69H50N4. The molecule has 4 nitrogen and oxygen atoms in total. The summed E-state index contributed by atoms with van der Waals surface area (Å²) in [5.74, 6) is 1.91. The molecule has 13 aromatic rings. The van der Waals surface area contributed by atoms with Gasteiger partial charge in [-0.15, -0.1) is 0 Å². The van der Waals surface area contributed by atoms with E-state index in [0.29, 0.717) is 0 Å². The zero-order valence-corrected chi connectivity index (χ0v) is 41.2. The van der Waals surface area contributed by atoms with Gasteiger partial charge in [0, 0.05) is 25.2 Å². The van der Waals surface area contributed by atoms with Gasteiger partial charge in [-0.1, -0.05) is 211 Å². The SMILES string of the molecule is Cc1ccc(C2(c3ccc(C)cc3)c3ccccc3-c3cccc(-c4c5cccc(-c6ccc7nc(-c8ccccc8)n(C)c7c6)c5cc5c(-c6ccc7nc(-c8ccccc8)n(C)c7c6)cccc45)c32)cc1. The molecular weight excluding hydrogens is 885 g/mol. The van der Waals surface area contributed by atoms with Gasteiger partial charge < -0.3 is 9.13 Å². The normalized spacial score (nSPS) is 12.8. The fraction of sp³-hybridized carbons (Fsp3) is 0.0725. The van der Waals surface area contributed by atoms with Gasteiger partial charge in [0.15, 0.2) is 0 Å². The molecule has 2 heterocycles. The van der Waals surface area contributed by atoms with Crippen molar-refractivity contribution in [3.8, 4) is 67.3 Å². The molecule has 0 saturated carbocycles. The number of fused-ring (bicyclic) bond motifs is 7. The highest BCUT2D eigenvalue weighted by molar-refractivity contribution is 6.20. The molecule has 0 atom stereocenters. The lowest BCUT2D eigenvalue weighted by atomic mass is 9.65. The Morgan fingerprint density at radius 3 is 1.30 bits per heavy atom. The second-order valence-electron chi connectivity index (χ2n) is 19.9. The van der Waals surface area contributed by atoms with Crippen molar-refractivity contribution in [2.75, 3.05) is 0 Å².